The maximum atomic E-state index is 12.6. The summed E-state index contributed by atoms with van der Waals surface area (Å²) in [6.07, 6.45) is 8.06. The highest BCUT2D eigenvalue weighted by molar-refractivity contribution is 7.16. The van der Waals surface area contributed by atoms with E-state index in [9.17, 15) is 14.9 Å². The molecule has 0 fully saturated rings. The van der Waals surface area contributed by atoms with Crippen LogP contribution in [-0.2, 0) is 24.2 Å². The van der Waals surface area contributed by atoms with Crippen molar-refractivity contribution in [2.75, 3.05) is 5.32 Å². The monoisotopic (exact) mass is 396 g/mol. The largest absolute Gasteiger partial charge is 0.442 e. The SMILES string of the molecule is N#Cc1c(NC(=O)Cn2c(-c3ncccn3)noc2=O)sc2c1CCCCC2. The summed E-state index contributed by atoms with van der Waals surface area (Å²) in [5, 5.41) is 16.5. The Bertz CT molecular complexity index is 1110. The molecular formula is C18H16N6O3S. The van der Waals surface area contributed by atoms with Crippen LogP contribution in [0.15, 0.2) is 27.8 Å². The number of nitrogens with zero attached hydrogens (tertiary/aromatic N) is 5. The number of aryl methyl sites for hydroxylation is 1. The van der Waals surface area contributed by atoms with E-state index in [1.165, 1.54) is 23.7 Å². The minimum Gasteiger partial charge on any atom is -0.315 e. The van der Waals surface area contributed by atoms with Crippen molar-refractivity contribution in [3.63, 3.8) is 0 Å². The zero-order valence-electron chi connectivity index (χ0n) is 14.8. The number of nitrogens with one attached hydrogen (secondary N) is 1. The summed E-state index contributed by atoms with van der Waals surface area (Å²) >= 11 is 1.44. The number of amides is 1. The predicted octanol–water partition coefficient (Wildman–Crippen LogP) is 2.13. The van der Waals surface area contributed by atoms with Gasteiger partial charge in [-0.05, 0) is 37.3 Å². The normalized spacial score (nSPS) is 13.4. The minimum atomic E-state index is -0.778. The summed E-state index contributed by atoms with van der Waals surface area (Å²) in [6, 6.07) is 3.85. The highest BCUT2D eigenvalue weighted by Crippen LogP contribution is 2.36. The molecule has 0 unspecified atom stereocenters. The first-order valence-corrected chi connectivity index (χ1v) is 9.67. The molecule has 0 atom stereocenters. The van der Waals surface area contributed by atoms with Gasteiger partial charge in [0.2, 0.25) is 11.7 Å². The first kappa shape index (κ1) is 18.1. The fraction of sp³-hybridized carbons (Fsp3) is 0.333. The van der Waals surface area contributed by atoms with Gasteiger partial charge in [0.15, 0.2) is 5.82 Å². The lowest BCUT2D eigenvalue weighted by Gasteiger charge is -2.05. The van der Waals surface area contributed by atoms with E-state index in [1.807, 2.05) is 0 Å². The van der Waals surface area contributed by atoms with E-state index in [2.05, 4.69) is 31.0 Å². The fourth-order valence-electron chi connectivity index (χ4n) is 3.24. The Balaban J connectivity index is 1.58. The molecular weight excluding hydrogens is 380 g/mol. The standard InChI is InChI=1S/C18H16N6O3S/c19-9-12-11-5-2-1-3-6-13(11)28-17(12)22-14(25)10-24-16(23-27-18(24)26)15-20-7-4-8-21-15/h4,7-8H,1-3,5-6,10H2,(H,22,25). The number of rotatable bonds is 4. The maximum absolute atomic E-state index is 12.6. The number of carbonyl (C=O) groups excluding carboxylic acids is 1. The van der Waals surface area contributed by atoms with Gasteiger partial charge < -0.3 is 5.32 Å². The van der Waals surface area contributed by atoms with Crippen molar-refractivity contribution in [1.82, 2.24) is 19.7 Å². The van der Waals surface area contributed by atoms with E-state index >= 15 is 0 Å². The first-order valence-electron chi connectivity index (χ1n) is 8.85. The van der Waals surface area contributed by atoms with Crippen LogP contribution in [0.25, 0.3) is 11.6 Å². The van der Waals surface area contributed by atoms with Crippen molar-refractivity contribution in [3.05, 3.63) is 45.0 Å². The van der Waals surface area contributed by atoms with Gasteiger partial charge in [0.1, 0.15) is 17.6 Å². The zero-order chi connectivity index (χ0) is 19.5. The number of fused-ring (bicyclic) bond motifs is 1. The quantitative estimate of drug-likeness (QED) is 0.669. The summed E-state index contributed by atoms with van der Waals surface area (Å²) in [7, 11) is 0. The molecule has 1 amide bonds. The molecule has 1 N–H and O–H groups in total. The highest BCUT2D eigenvalue weighted by Gasteiger charge is 2.22. The van der Waals surface area contributed by atoms with Gasteiger partial charge in [-0.25, -0.2) is 19.3 Å². The van der Waals surface area contributed by atoms with Gasteiger partial charge in [-0.3, -0.25) is 9.32 Å². The molecule has 0 aromatic carbocycles. The Morgan fingerprint density at radius 2 is 2.07 bits per heavy atom. The summed E-state index contributed by atoms with van der Waals surface area (Å²) < 4.78 is 5.74. The zero-order valence-corrected chi connectivity index (χ0v) is 15.7. The second kappa shape index (κ2) is 7.74. The van der Waals surface area contributed by atoms with Crippen LogP contribution in [0.2, 0.25) is 0 Å². The molecule has 10 heteroatoms. The molecule has 0 radical (unpaired) electrons. The van der Waals surface area contributed by atoms with Gasteiger partial charge in [0.05, 0.1) is 5.56 Å². The van der Waals surface area contributed by atoms with Crippen LogP contribution >= 0.6 is 11.3 Å². The number of aromatic nitrogens is 4. The number of thiophene rings is 1. The lowest BCUT2D eigenvalue weighted by atomic mass is 10.1. The molecule has 142 valence electrons. The Morgan fingerprint density at radius 1 is 1.29 bits per heavy atom. The van der Waals surface area contributed by atoms with Gasteiger partial charge in [0, 0.05) is 17.3 Å². The van der Waals surface area contributed by atoms with Gasteiger partial charge in [0.25, 0.3) is 0 Å². The smallest absolute Gasteiger partial charge is 0.315 e. The molecule has 0 saturated heterocycles. The van der Waals surface area contributed by atoms with E-state index in [0.717, 1.165) is 47.1 Å². The minimum absolute atomic E-state index is 0.0724. The molecule has 1 aliphatic carbocycles. The van der Waals surface area contributed by atoms with Crippen LogP contribution in [0.4, 0.5) is 5.00 Å². The lowest BCUT2D eigenvalue weighted by molar-refractivity contribution is -0.116. The number of carbonyl (C=O) groups is 1. The Morgan fingerprint density at radius 3 is 2.86 bits per heavy atom. The number of hydrogen-bond donors (Lipinski definition) is 1. The summed E-state index contributed by atoms with van der Waals surface area (Å²) in [5.74, 6) is -0.972. The molecule has 9 nitrogen and oxygen atoms in total. The van der Waals surface area contributed by atoms with Crippen molar-refractivity contribution in [3.8, 4) is 17.7 Å². The molecule has 0 bridgehead atoms. The van der Waals surface area contributed by atoms with Crippen molar-refractivity contribution < 1.29 is 9.32 Å². The average Bonchev–Trinajstić information content (AvgIpc) is 3.12. The van der Waals surface area contributed by atoms with E-state index in [-0.39, 0.29) is 18.2 Å². The number of nitriles is 1. The Labute approximate surface area is 163 Å². The van der Waals surface area contributed by atoms with Gasteiger partial charge >= 0.3 is 5.76 Å². The summed E-state index contributed by atoms with van der Waals surface area (Å²) in [6.45, 7) is -0.316. The van der Waals surface area contributed by atoms with E-state index < -0.39 is 11.7 Å². The predicted molar refractivity (Wildman–Crippen MR) is 101 cm³/mol. The second-order valence-electron chi connectivity index (χ2n) is 6.36. The van der Waals surface area contributed by atoms with Crippen LogP contribution in [0.1, 0.15) is 35.3 Å². The van der Waals surface area contributed by atoms with Crippen LogP contribution in [0, 0.1) is 11.3 Å². The fourth-order valence-corrected chi connectivity index (χ4v) is 4.50. The first-order chi connectivity index (χ1) is 13.7. The molecule has 4 rings (SSSR count). The third-order valence-electron chi connectivity index (χ3n) is 4.54. The topological polar surface area (TPSA) is 127 Å². The Hall–Kier alpha value is -3.32. The highest BCUT2D eigenvalue weighted by atomic mass is 32.1. The van der Waals surface area contributed by atoms with Gasteiger partial charge in [-0.2, -0.15) is 5.26 Å². The second-order valence-corrected chi connectivity index (χ2v) is 7.46. The summed E-state index contributed by atoms with van der Waals surface area (Å²) in [4.78, 5) is 33.8. The van der Waals surface area contributed by atoms with E-state index in [0.29, 0.717) is 10.6 Å². The van der Waals surface area contributed by atoms with Gasteiger partial charge in [-0.15, -0.1) is 11.3 Å². The van der Waals surface area contributed by atoms with E-state index in [4.69, 9.17) is 0 Å². The Kier molecular flexibility index (Phi) is 4.99. The molecule has 3 aromatic rings. The number of hydrogen-bond acceptors (Lipinski definition) is 8. The molecule has 28 heavy (non-hydrogen) atoms. The number of anilines is 1. The molecule has 1 aliphatic rings. The lowest BCUT2D eigenvalue weighted by Crippen LogP contribution is -2.25. The molecule has 0 aliphatic heterocycles. The van der Waals surface area contributed by atoms with Crippen molar-refractivity contribution in [1.29, 1.82) is 5.26 Å². The molecule has 0 spiro atoms. The summed E-state index contributed by atoms with van der Waals surface area (Å²) in [5.41, 5.74) is 1.57. The average molecular weight is 396 g/mol. The third kappa shape index (κ3) is 3.44. The molecule has 0 saturated carbocycles. The van der Waals surface area contributed by atoms with Crippen LogP contribution in [-0.4, -0.2) is 25.6 Å². The third-order valence-corrected chi connectivity index (χ3v) is 5.75. The van der Waals surface area contributed by atoms with Crippen LogP contribution in [0.5, 0.6) is 0 Å². The van der Waals surface area contributed by atoms with Gasteiger partial charge in [-0.1, -0.05) is 11.6 Å². The molecule has 3 aromatic heterocycles. The van der Waals surface area contributed by atoms with Crippen molar-refractivity contribution in [2.24, 2.45) is 0 Å². The van der Waals surface area contributed by atoms with Crippen molar-refractivity contribution >= 4 is 22.2 Å². The van der Waals surface area contributed by atoms with Crippen molar-refractivity contribution in [2.45, 2.75) is 38.6 Å². The maximum Gasteiger partial charge on any atom is 0.442 e. The molecule has 3 heterocycles. The van der Waals surface area contributed by atoms with Crippen LogP contribution in [0.3, 0.4) is 0 Å². The van der Waals surface area contributed by atoms with Crippen LogP contribution < -0.4 is 11.1 Å². The van der Waals surface area contributed by atoms with E-state index in [1.54, 1.807) is 6.07 Å².